The average molecular weight is 446 g/mol. The van der Waals surface area contributed by atoms with Crippen LogP contribution in [0, 0.1) is 0 Å². The van der Waals surface area contributed by atoms with E-state index < -0.39 is 12.0 Å². The Kier molecular flexibility index (Phi) is 10.8. The number of methoxy groups -OCH3 is 1. The molecule has 0 fully saturated rings. The summed E-state index contributed by atoms with van der Waals surface area (Å²) in [4.78, 5) is 40.2. The van der Waals surface area contributed by atoms with Crippen LogP contribution in [-0.2, 0) is 32.0 Å². The third kappa shape index (κ3) is 8.81. The predicted molar refractivity (Wildman–Crippen MR) is 118 cm³/mol. The molecule has 0 radical (unpaired) electrons. The van der Waals surface area contributed by atoms with Crippen LogP contribution in [0.25, 0.3) is 0 Å². The molecule has 0 unspecified atom stereocenters. The van der Waals surface area contributed by atoms with Crippen molar-refractivity contribution < 1.29 is 28.3 Å². The van der Waals surface area contributed by atoms with E-state index in [0.29, 0.717) is 25.3 Å². The van der Waals surface area contributed by atoms with Crippen LogP contribution in [0.1, 0.15) is 18.2 Å². The first kappa shape index (κ1) is 24.9. The monoisotopic (exact) mass is 445 g/mol. The molecule has 174 valence electrons. The van der Waals surface area contributed by atoms with E-state index in [0.717, 1.165) is 5.56 Å². The van der Waals surface area contributed by atoms with Crippen LogP contribution >= 0.6 is 0 Å². The molecule has 1 aromatic heterocycles. The first-order valence-electron chi connectivity index (χ1n) is 10.5. The highest BCUT2D eigenvalue weighted by Gasteiger charge is 2.22. The molecule has 1 aromatic carbocycles. The van der Waals surface area contributed by atoms with Gasteiger partial charge in [0.05, 0.1) is 26.0 Å². The number of carbonyl (C=O) groups excluding carboxylic acids is 3. The molecule has 2 rings (SSSR count). The van der Waals surface area contributed by atoms with Crippen molar-refractivity contribution in [3.05, 3.63) is 60.1 Å². The number of carbonyl (C=O) groups is 3. The molecule has 2 aromatic rings. The second kappa shape index (κ2) is 13.9. The summed E-state index contributed by atoms with van der Waals surface area (Å²) in [7, 11) is 1.51. The highest BCUT2D eigenvalue weighted by atomic mass is 16.5. The lowest BCUT2D eigenvalue weighted by molar-refractivity contribution is -0.141. The maximum absolute atomic E-state index is 13.1. The minimum Gasteiger partial charge on any atom is -0.467 e. The van der Waals surface area contributed by atoms with E-state index in [1.807, 2.05) is 30.3 Å². The number of ether oxygens (including phenoxy) is 2. The summed E-state index contributed by atoms with van der Waals surface area (Å²) in [6, 6.07) is 12.9. The van der Waals surface area contributed by atoms with Crippen LogP contribution in [-0.4, -0.2) is 74.2 Å². The van der Waals surface area contributed by atoms with Crippen molar-refractivity contribution in [2.45, 2.75) is 19.9 Å². The third-order valence-corrected chi connectivity index (χ3v) is 4.66. The first-order valence-corrected chi connectivity index (χ1v) is 10.5. The molecule has 9 nitrogen and oxygen atoms in total. The highest BCUT2D eigenvalue weighted by molar-refractivity contribution is 5.86. The molecule has 0 spiro atoms. The SMILES string of the molecule is CCOC(=O)CNC(=O)N(CCOC)CC(=O)N(CCc1ccccc1)Cc1ccco1. The van der Waals surface area contributed by atoms with Gasteiger partial charge in [-0.2, -0.15) is 0 Å². The molecule has 0 aliphatic rings. The Balaban J connectivity index is 2.03. The lowest BCUT2D eigenvalue weighted by Crippen LogP contribution is -2.49. The molecular weight excluding hydrogens is 414 g/mol. The average Bonchev–Trinajstić information content (AvgIpc) is 3.31. The molecule has 32 heavy (non-hydrogen) atoms. The van der Waals surface area contributed by atoms with E-state index in [1.54, 1.807) is 30.2 Å². The van der Waals surface area contributed by atoms with Crippen LogP contribution in [0.5, 0.6) is 0 Å². The summed E-state index contributed by atoms with van der Waals surface area (Å²) in [6.07, 6.45) is 2.23. The smallest absolute Gasteiger partial charge is 0.325 e. The Morgan fingerprint density at radius 3 is 2.47 bits per heavy atom. The van der Waals surface area contributed by atoms with Gasteiger partial charge in [-0.1, -0.05) is 30.3 Å². The number of hydrogen-bond donors (Lipinski definition) is 1. The van der Waals surface area contributed by atoms with Gasteiger partial charge >= 0.3 is 12.0 Å². The summed E-state index contributed by atoms with van der Waals surface area (Å²) in [6.45, 7) is 2.69. The van der Waals surface area contributed by atoms with Crippen LogP contribution in [0.15, 0.2) is 53.1 Å². The Morgan fingerprint density at radius 2 is 1.81 bits per heavy atom. The van der Waals surface area contributed by atoms with Crippen molar-refractivity contribution in [1.82, 2.24) is 15.1 Å². The van der Waals surface area contributed by atoms with Gasteiger partial charge < -0.3 is 29.0 Å². The summed E-state index contributed by atoms with van der Waals surface area (Å²) in [5.41, 5.74) is 1.10. The number of benzene rings is 1. The molecule has 3 amide bonds. The second-order valence-electron chi connectivity index (χ2n) is 7.01. The number of amides is 3. The van der Waals surface area contributed by atoms with Gasteiger partial charge in [-0.25, -0.2) is 4.79 Å². The standard InChI is InChI=1S/C23H31N3O6/c1-3-31-22(28)16-24-23(29)26(13-15-30-2)18-21(27)25(17-20-10-7-14-32-20)12-11-19-8-5-4-6-9-19/h4-10,14H,3,11-13,15-18H2,1-2H3,(H,24,29). The second-order valence-corrected chi connectivity index (χ2v) is 7.01. The van der Waals surface area contributed by atoms with Crippen molar-refractivity contribution in [3.8, 4) is 0 Å². The molecular formula is C23H31N3O6. The quantitative estimate of drug-likeness (QED) is 0.474. The van der Waals surface area contributed by atoms with E-state index in [-0.39, 0.29) is 38.8 Å². The van der Waals surface area contributed by atoms with E-state index in [4.69, 9.17) is 13.9 Å². The molecule has 0 saturated heterocycles. The molecule has 9 heteroatoms. The number of furan rings is 1. The van der Waals surface area contributed by atoms with Crippen LogP contribution < -0.4 is 5.32 Å². The fraction of sp³-hybridized carbons (Fsp3) is 0.435. The van der Waals surface area contributed by atoms with Gasteiger partial charge in [-0.15, -0.1) is 0 Å². The molecule has 1 N–H and O–H groups in total. The molecule has 0 aliphatic carbocycles. The van der Waals surface area contributed by atoms with E-state index >= 15 is 0 Å². The van der Waals surface area contributed by atoms with Gasteiger partial charge in [-0.3, -0.25) is 9.59 Å². The normalized spacial score (nSPS) is 10.4. The minimum atomic E-state index is -0.541. The van der Waals surface area contributed by atoms with Crippen molar-refractivity contribution in [2.24, 2.45) is 0 Å². The first-order chi connectivity index (χ1) is 15.5. The molecule has 1 heterocycles. The number of hydrogen-bond acceptors (Lipinski definition) is 6. The number of esters is 1. The lowest BCUT2D eigenvalue weighted by atomic mass is 10.1. The van der Waals surface area contributed by atoms with Gasteiger partial charge in [0.15, 0.2) is 0 Å². The number of nitrogens with one attached hydrogen (secondary N) is 1. The Bertz CT molecular complexity index is 826. The van der Waals surface area contributed by atoms with Gasteiger partial charge in [0.2, 0.25) is 5.91 Å². The summed E-state index contributed by atoms with van der Waals surface area (Å²) < 4.78 is 15.3. The fourth-order valence-electron chi connectivity index (χ4n) is 2.98. The van der Waals surface area contributed by atoms with Crippen LogP contribution in [0.3, 0.4) is 0 Å². The zero-order chi connectivity index (χ0) is 23.2. The van der Waals surface area contributed by atoms with Gasteiger partial charge in [0.25, 0.3) is 0 Å². The predicted octanol–water partition coefficient (Wildman–Crippen LogP) is 2.07. The fourth-order valence-corrected chi connectivity index (χ4v) is 2.98. The van der Waals surface area contributed by atoms with E-state index in [2.05, 4.69) is 5.32 Å². The Labute approximate surface area is 188 Å². The molecule has 0 saturated carbocycles. The zero-order valence-electron chi connectivity index (χ0n) is 18.6. The van der Waals surface area contributed by atoms with Crippen molar-refractivity contribution in [1.29, 1.82) is 0 Å². The van der Waals surface area contributed by atoms with E-state index in [9.17, 15) is 14.4 Å². The Hall–Kier alpha value is -3.33. The van der Waals surface area contributed by atoms with Gasteiger partial charge in [-0.05, 0) is 31.0 Å². The summed E-state index contributed by atoms with van der Waals surface area (Å²) in [5, 5.41) is 2.49. The van der Waals surface area contributed by atoms with Gasteiger partial charge in [0, 0.05) is 20.2 Å². The topological polar surface area (TPSA) is 101 Å². The maximum atomic E-state index is 13.1. The van der Waals surface area contributed by atoms with Crippen LogP contribution in [0.2, 0.25) is 0 Å². The van der Waals surface area contributed by atoms with E-state index in [1.165, 1.54) is 12.0 Å². The molecule has 0 aliphatic heterocycles. The lowest BCUT2D eigenvalue weighted by Gasteiger charge is -2.27. The number of rotatable bonds is 13. The van der Waals surface area contributed by atoms with Crippen molar-refractivity contribution >= 4 is 17.9 Å². The number of nitrogens with zero attached hydrogens (tertiary/aromatic N) is 2. The minimum absolute atomic E-state index is 0.159. The van der Waals surface area contributed by atoms with Crippen molar-refractivity contribution in [3.63, 3.8) is 0 Å². The summed E-state index contributed by atoms with van der Waals surface area (Å²) >= 11 is 0. The molecule has 0 bridgehead atoms. The maximum Gasteiger partial charge on any atom is 0.325 e. The Morgan fingerprint density at radius 1 is 1.03 bits per heavy atom. The van der Waals surface area contributed by atoms with Crippen molar-refractivity contribution in [2.75, 3.05) is 46.5 Å². The number of urea groups is 1. The molecule has 0 atom stereocenters. The summed E-state index contributed by atoms with van der Waals surface area (Å²) in [5.74, 6) is -0.123. The largest absolute Gasteiger partial charge is 0.467 e. The van der Waals surface area contributed by atoms with Crippen LogP contribution in [0.4, 0.5) is 4.79 Å². The highest BCUT2D eigenvalue weighted by Crippen LogP contribution is 2.09. The third-order valence-electron chi connectivity index (χ3n) is 4.66. The zero-order valence-corrected chi connectivity index (χ0v) is 18.6. The van der Waals surface area contributed by atoms with Gasteiger partial charge in [0.1, 0.15) is 18.8 Å².